The van der Waals surface area contributed by atoms with Gasteiger partial charge in [0, 0.05) is 0 Å². The van der Waals surface area contributed by atoms with Gasteiger partial charge in [0.1, 0.15) is 0 Å². The molecule has 0 unspecified atom stereocenters. The molecule has 0 heterocycles. The van der Waals surface area contributed by atoms with Crippen LogP contribution in [0.1, 0.15) is 0 Å². The quantitative estimate of drug-likeness (QED) is 0.718. The zero-order valence-corrected chi connectivity index (χ0v) is 17.0. The molecule has 0 atom stereocenters. The van der Waals surface area contributed by atoms with Crippen molar-refractivity contribution in [1.29, 1.82) is 0 Å². The summed E-state index contributed by atoms with van der Waals surface area (Å²) < 4.78 is 3.94. The SMILES string of the molecule is CS(C)(C)N(C(=O)N(c1ccccc1)S(C)(C)C)c1ccccc1. The number of urea groups is 1. The monoisotopic (exact) mass is 364 g/mol. The van der Waals surface area contributed by atoms with E-state index >= 15 is 0 Å². The summed E-state index contributed by atoms with van der Waals surface area (Å²) in [6.45, 7) is 0. The van der Waals surface area contributed by atoms with Crippen LogP contribution in [0.4, 0.5) is 16.2 Å². The second-order valence-corrected chi connectivity index (χ2v) is 14.9. The Kier molecular flexibility index (Phi) is 5.56. The van der Waals surface area contributed by atoms with Crippen LogP contribution in [-0.4, -0.2) is 43.6 Å². The van der Waals surface area contributed by atoms with Crippen LogP contribution in [0.5, 0.6) is 0 Å². The molecule has 0 aromatic heterocycles. The van der Waals surface area contributed by atoms with E-state index in [2.05, 4.69) is 37.5 Å². The molecule has 5 heteroatoms. The highest BCUT2D eigenvalue weighted by atomic mass is 32.3. The Labute approximate surface area is 149 Å². The fourth-order valence-corrected chi connectivity index (χ4v) is 5.19. The molecule has 0 saturated heterocycles. The third-order valence-electron chi connectivity index (χ3n) is 3.42. The van der Waals surface area contributed by atoms with Crippen LogP contribution in [-0.2, 0) is 0 Å². The lowest BCUT2D eigenvalue weighted by atomic mass is 10.3. The van der Waals surface area contributed by atoms with Gasteiger partial charge in [-0.05, 0) is 61.8 Å². The first-order chi connectivity index (χ1) is 11.1. The molecule has 2 aromatic carbocycles. The van der Waals surface area contributed by atoms with Gasteiger partial charge in [0.2, 0.25) is 0 Å². The van der Waals surface area contributed by atoms with Crippen LogP contribution >= 0.6 is 20.4 Å². The van der Waals surface area contributed by atoms with Gasteiger partial charge in [0.25, 0.3) is 0 Å². The smallest absolute Gasteiger partial charge is 0.255 e. The van der Waals surface area contributed by atoms with Gasteiger partial charge in [-0.15, -0.1) is 0 Å². The van der Waals surface area contributed by atoms with Crippen molar-refractivity contribution in [3.63, 3.8) is 0 Å². The van der Waals surface area contributed by atoms with Gasteiger partial charge in [0.05, 0.1) is 11.4 Å². The Bertz CT molecular complexity index is 617. The first-order valence-corrected chi connectivity index (χ1v) is 13.4. The molecule has 2 rings (SSSR count). The molecular weight excluding hydrogens is 336 g/mol. The number of carbonyl (C=O) groups is 1. The topological polar surface area (TPSA) is 23.6 Å². The summed E-state index contributed by atoms with van der Waals surface area (Å²) in [7, 11) is -2.55. The fraction of sp³-hybridized carbons (Fsp3) is 0.316. The number of hydrogen-bond donors (Lipinski definition) is 0. The minimum Gasteiger partial charge on any atom is -0.255 e. The van der Waals surface area contributed by atoms with Crippen LogP contribution < -0.4 is 8.61 Å². The highest BCUT2D eigenvalue weighted by Crippen LogP contribution is 2.50. The third kappa shape index (κ3) is 4.28. The van der Waals surface area contributed by atoms with Gasteiger partial charge in [-0.1, -0.05) is 36.4 Å². The van der Waals surface area contributed by atoms with Crippen LogP contribution in [0.25, 0.3) is 0 Å². The Hall–Kier alpha value is -1.59. The zero-order valence-electron chi connectivity index (χ0n) is 15.4. The van der Waals surface area contributed by atoms with E-state index in [0.717, 1.165) is 11.4 Å². The van der Waals surface area contributed by atoms with Gasteiger partial charge in [-0.2, -0.15) is 20.4 Å². The first kappa shape index (κ1) is 18.7. The van der Waals surface area contributed by atoms with Gasteiger partial charge in [-0.3, -0.25) is 8.61 Å². The average molecular weight is 365 g/mol. The van der Waals surface area contributed by atoms with Crippen LogP contribution in [0, 0.1) is 0 Å². The number of hydrogen-bond acceptors (Lipinski definition) is 1. The number of anilines is 2. The van der Waals surface area contributed by atoms with E-state index < -0.39 is 20.4 Å². The van der Waals surface area contributed by atoms with E-state index in [1.165, 1.54) is 0 Å². The van der Waals surface area contributed by atoms with Crippen molar-refractivity contribution in [2.45, 2.75) is 0 Å². The zero-order chi connectivity index (χ0) is 18.0. The van der Waals surface area contributed by atoms with Crippen LogP contribution in [0.3, 0.4) is 0 Å². The van der Waals surface area contributed by atoms with Crippen molar-refractivity contribution >= 4 is 37.8 Å². The van der Waals surface area contributed by atoms with Crippen molar-refractivity contribution in [3.8, 4) is 0 Å². The molecule has 2 amide bonds. The Morgan fingerprint density at radius 3 is 1.17 bits per heavy atom. The lowest BCUT2D eigenvalue weighted by Gasteiger charge is -2.47. The molecule has 132 valence electrons. The largest absolute Gasteiger partial charge is 0.346 e. The third-order valence-corrected chi connectivity index (χ3v) is 6.35. The Balaban J connectivity index is 2.54. The molecule has 0 spiro atoms. The lowest BCUT2D eigenvalue weighted by molar-refractivity contribution is 0.258. The van der Waals surface area contributed by atoms with Crippen molar-refractivity contribution in [1.82, 2.24) is 0 Å². The van der Waals surface area contributed by atoms with E-state index in [1.807, 2.05) is 69.3 Å². The summed E-state index contributed by atoms with van der Waals surface area (Å²) in [6.07, 6.45) is 12.9. The summed E-state index contributed by atoms with van der Waals surface area (Å²) in [4.78, 5) is 13.6. The van der Waals surface area contributed by atoms with Gasteiger partial charge in [0.15, 0.2) is 0 Å². The average Bonchev–Trinajstić information content (AvgIpc) is 2.46. The van der Waals surface area contributed by atoms with Crippen LogP contribution in [0.2, 0.25) is 0 Å². The van der Waals surface area contributed by atoms with Crippen molar-refractivity contribution in [3.05, 3.63) is 60.7 Å². The maximum Gasteiger partial charge on any atom is 0.346 e. The van der Waals surface area contributed by atoms with Crippen molar-refractivity contribution in [2.75, 3.05) is 46.1 Å². The minimum absolute atomic E-state index is 0.0531. The van der Waals surface area contributed by atoms with Crippen LogP contribution in [0.15, 0.2) is 60.7 Å². The molecule has 3 nitrogen and oxygen atoms in total. The second-order valence-electron chi connectivity index (χ2n) is 7.09. The predicted octanol–water partition coefficient (Wildman–Crippen LogP) is 5.34. The van der Waals surface area contributed by atoms with E-state index in [0.29, 0.717) is 0 Å². The van der Waals surface area contributed by atoms with Gasteiger partial charge >= 0.3 is 6.03 Å². The normalized spacial score (nSPS) is 13.2. The fourth-order valence-electron chi connectivity index (χ4n) is 2.53. The summed E-state index contributed by atoms with van der Waals surface area (Å²) in [5.74, 6) is 0. The molecule has 0 radical (unpaired) electrons. The predicted molar refractivity (Wildman–Crippen MR) is 114 cm³/mol. The minimum atomic E-state index is -1.28. The molecule has 0 aliphatic heterocycles. The van der Waals surface area contributed by atoms with Crippen molar-refractivity contribution < 1.29 is 4.79 Å². The maximum atomic E-state index is 13.6. The molecule has 24 heavy (non-hydrogen) atoms. The van der Waals surface area contributed by atoms with E-state index in [1.54, 1.807) is 0 Å². The molecule has 0 aliphatic rings. The second kappa shape index (κ2) is 7.11. The Morgan fingerprint density at radius 2 is 0.917 bits per heavy atom. The molecule has 0 bridgehead atoms. The first-order valence-electron chi connectivity index (χ1n) is 7.73. The van der Waals surface area contributed by atoms with E-state index in [4.69, 9.17) is 0 Å². The molecule has 0 aliphatic carbocycles. The number of para-hydroxylation sites is 2. The number of rotatable bonds is 4. The summed E-state index contributed by atoms with van der Waals surface area (Å²) in [6, 6.07) is 20.0. The summed E-state index contributed by atoms with van der Waals surface area (Å²) in [5.41, 5.74) is 1.91. The number of carbonyl (C=O) groups excluding carboxylic acids is 1. The lowest BCUT2D eigenvalue weighted by Crippen LogP contribution is -2.44. The Morgan fingerprint density at radius 1 is 0.625 bits per heavy atom. The molecule has 0 fully saturated rings. The number of benzene rings is 2. The van der Waals surface area contributed by atoms with E-state index in [9.17, 15) is 4.79 Å². The highest BCUT2D eigenvalue weighted by molar-refractivity contribution is 8.35. The maximum absolute atomic E-state index is 13.6. The molecular formula is C19H28N2OS2. The van der Waals surface area contributed by atoms with Crippen molar-refractivity contribution in [2.24, 2.45) is 0 Å². The highest BCUT2D eigenvalue weighted by Gasteiger charge is 2.33. The summed E-state index contributed by atoms with van der Waals surface area (Å²) >= 11 is 0. The van der Waals surface area contributed by atoms with E-state index in [-0.39, 0.29) is 6.03 Å². The molecule has 0 N–H and O–H groups in total. The standard InChI is InChI=1S/C19H28N2OS2/c1-23(2,3)20(17-13-9-7-10-14-17)19(22)21(24(4,5)6)18-15-11-8-12-16-18/h7-16H,1-6H3. The van der Waals surface area contributed by atoms with Gasteiger partial charge in [-0.25, -0.2) is 4.79 Å². The van der Waals surface area contributed by atoms with Gasteiger partial charge < -0.3 is 0 Å². The molecule has 0 saturated carbocycles. The molecule has 2 aromatic rings. The number of nitrogens with zero attached hydrogens (tertiary/aromatic N) is 2. The number of amides is 2. The summed E-state index contributed by atoms with van der Waals surface area (Å²) in [5, 5.41) is 0.